The molecule has 0 aliphatic rings. The van der Waals surface area contributed by atoms with Crippen LogP contribution in [0.2, 0.25) is 0 Å². The fourth-order valence-corrected chi connectivity index (χ4v) is 1.91. The second-order valence-corrected chi connectivity index (χ2v) is 4.99. The molecule has 0 fully saturated rings. The number of nitrogens with one attached hydrogen (secondary N) is 1. The van der Waals surface area contributed by atoms with Gasteiger partial charge in [0.1, 0.15) is 0 Å². The minimum atomic E-state index is 0. The highest BCUT2D eigenvalue weighted by molar-refractivity contribution is 14.0. The highest BCUT2D eigenvalue weighted by Crippen LogP contribution is 2.01. The van der Waals surface area contributed by atoms with E-state index in [4.69, 9.17) is 10.5 Å². The number of hydrogen-bond acceptors (Lipinski definition) is 3. The van der Waals surface area contributed by atoms with Crippen LogP contribution in [0.1, 0.15) is 12.5 Å². The number of rotatable bonds is 8. The van der Waals surface area contributed by atoms with Gasteiger partial charge < -0.3 is 20.7 Å². The summed E-state index contributed by atoms with van der Waals surface area (Å²) in [5.74, 6) is 0.475. The maximum Gasteiger partial charge on any atom is 0.188 e. The smallest absolute Gasteiger partial charge is 0.188 e. The molecule has 1 atom stereocenters. The van der Waals surface area contributed by atoms with Gasteiger partial charge in [0.2, 0.25) is 0 Å². The number of nitrogens with two attached hydrogens (primary N) is 1. The number of likely N-dealkylation sites (N-methyl/N-ethyl adjacent to an activating group) is 1. The molecule has 0 aliphatic carbocycles. The Morgan fingerprint density at radius 1 is 1.38 bits per heavy atom. The zero-order valence-electron chi connectivity index (χ0n) is 13.1. The number of halogens is 1. The van der Waals surface area contributed by atoms with E-state index < -0.39 is 0 Å². The molecule has 0 aliphatic heterocycles. The molecular formula is C15H27IN4O. The molecule has 120 valence electrons. The summed E-state index contributed by atoms with van der Waals surface area (Å²) in [5, 5.41) is 3.09. The molecule has 0 heterocycles. The predicted molar refractivity (Wildman–Crippen MR) is 99.2 cm³/mol. The summed E-state index contributed by atoms with van der Waals surface area (Å²) in [6.45, 7) is 5.10. The van der Waals surface area contributed by atoms with Crippen molar-refractivity contribution in [3.63, 3.8) is 0 Å². The molecule has 1 aromatic carbocycles. The van der Waals surface area contributed by atoms with Crippen molar-refractivity contribution in [1.29, 1.82) is 0 Å². The Kier molecular flexibility index (Phi) is 11.3. The maximum atomic E-state index is 5.81. The van der Waals surface area contributed by atoms with Gasteiger partial charge in [-0.15, -0.1) is 24.0 Å². The molecule has 1 aromatic rings. The van der Waals surface area contributed by atoms with Crippen molar-refractivity contribution in [3.05, 3.63) is 35.9 Å². The van der Waals surface area contributed by atoms with Gasteiger partial charge in [-0.3, -0.25) is 4.99 Å². The molecule has 3 N–H and O–H groups in total. The first kappa shape index (κ1) is 20.1. The standard InChI is InChI=1S/C15H26N4O.HI/c1-13(12-20-3)18-15(16)17-9-10-19(2)11-14-7-5-4-6-8-14;/h4-8,13H,9-12H2,1-3H3,(H3,16,17,18);1H. The van der Waals surface area contributed by atoms with Crippen LogP contribution in [0.5, 0.6) is 0 Å². The van der Waals surface area contributed by atoms with Crippen molar-refractivity contribution >= 4 is 29.9 Å². The molecule has 0 radical (unpaired) electrons. The van der Waals surface area contributed by atoms with E-state index in [9.17, 15) is 0 Å². The molecular weight excluding hydrogens is 379 g/mol. The lowest BCUT2D eigenvalue weighted by Crippen LogP contribution is -2.41. The molecule has 0 amide bonds. The first-order chi connectivity index (χ1) is 9.61. The quantitative estimate of drug-likeness (QED) is 0.392. The molecule has 0 spiro atoms. The van der Waals surface area contributed by atoms with Gasteiger partial charge in [-0.2, -0.15) is 0 Å². The summed E-state index contributed by atoms with van der Waals surface area (Å²) in [7, 11) is 3.75. The fraction of sp³-hybridized carbons (Fsp3) is 0.533. The summed E-state index contributed by atoms with van der Waals surface area (Å²) >= 11 is 0. The van der Waals surface area contributed by atoms with Gasteiger partial charge in [0, 0.05) is 26.2 Å². The number of methoxy groups -OCH3 is 1. The number of aliphatic imine (C=N–C) groups is 1. The number of nitrogens with zero attached hydrogens (tertiary/aromatic N) is 2. The van der Waals surface area contributed by atoms with Crippen LogP contribution in [0.25, 0.3) is 0 Å². The van der Waals surface area contributed by atoms with Gasteiger partial charge in [0.15, 0.2) is 5.96 Å². The highest BCUT2D eigenvalue weighted by Gasteiger charge is 2.02. The van der Waals surface area contributed by atoms with Crippen LogP contribution in [-0.2, 0) is 11.3 Å². The lowest BCUT2D eigenvalue weighted by atomic mass is 10.2. The van der Waals surface area contributed by atoms with Crippen LogP contribution in [0, 0.1) is 0 Å². The average Bonchev–Trinajstić information content (AvgIpc) is 2.39. The minimum Gasteiger partial charge on any atom is -0.383 e. The normalized spacial score (nSPS) is 12.9. The zero-order valence-corrected chi connectivity index (χ0v) is 15.4. The van der Waals surface area contributed by atoms with Crippen molar-refractivity contribution in [2.45, 2.75) is 19.5 Å². The van der Waals surface area contributed by atoms with E-state index in [1.165, 1.54) is 5.56 Å². The van der Waals surface area contributed by atoms with Crippen molar-refractivity contribution in [1.82, 2.24) is 10.2 Å². The highest BCUT2D eigenvalue weighted by atomic mass is 127. The van der Waals surface area contributed by atoms with E-state index in [-0.39, 0.29) is 30.0 Å². The van der Waals surface area contributed by atoms with Gasteiger partial charge in [-0.05, 0) is 19.5 Å². The molecule has 6 heteroatoms. The number of guanidine groups is 1. The molecule has 0 aromatic heterocycles. The lowest BCUT2D eigenvalue weighted by molar-refractivity contribution is 0.179. The van der Waals surface area contributed by atoms with E-state index in [0.717, 1.165) is 13.1 Å². The van der Waals surface area contributed by atoms with Gasteiger partial charge in [-0.1, -0.05) is 30.3 Å². The Labute approximate surface area is 145 Å². The summed E-state index contributed by atoms with van der Waals surface area (Å²) in [5.41, 5.74) is 7.11. The van der Waals surface area contributed by atoms with Crippen molar-refractivity contribution < 1.29 is 4.74 Å². The number of benzene rings is 1. The lowest BCUT2D eigenvalue weighted by Gasteiger charge is -2.16. The van der Waals surface area contributed by atoms with Crippen LogP contribution < -0.4 is 11.1 Å². The first-order valence-electron chi connectivity index (χ1n) is 6.89. The number of hydrogen-bond donors (Lipinski definition) is 2. The van der Waals surface area contributed by atoms with Crippen LogP contribution in [0.4, 0.5) is 0 Å². The summed E-state index contributed by atoms with van der Waals surface area (Å²) in [4.78, 5) is 6.54. The van der Waals surface area contributed by atoms with Crippen molar-refractivity contribution in [2.75, 3.05) is 33.9 Å². The monoisotopic (exact) mass is 406 g/mol. The van der Waals surface area contributed by atoms with Crippen molar-refractivity contribution in [3.8, 4) is 0 Å². The van der Waals surface area contributed by atoms with E-state index in [1.54, 1.807) is 7.11 Å². The van der Waals surface area contributed by atoms with E-state index >= 15 is 0 Å². The van der Waals surface area contributed by atoms with Crippen LogP contribution in [0.3, 0.4) is 0 Å². The van der Waals surface area contributed by atoms with Gasteiger partial charge in [-0.25, -0.2) is 0 Å². The largest absolute Gasteiger partial charge is 0.383 e. The third-order valence-electron chi connectivity index (χ3n) is 2.87. The van der Waals surface area contributed by atoms with E-state index in [0.29, 0.717) is 19.1 Å². The molecule has 1 unspecified atom stereocenters. The van der Waals surface area contributed by atoms with Gasteiger partial charge in [0.25, 0.3) is 0 Å². The fourth-order valence-electron chi connectivity index (χ4n) is 1.91. The second-order valence-electron chi connectivity index (χ2n) is 4.99. The third kappa shape index (κ3) is 9.65. The Balaban J connectivity index is 0.00000400. The topological polar surface area (TPSA) is 62.9 Å². The Hall–Kier alpha value is -0.860. The molecule has 0 saturated heterocycles. The zero-order chi connectivity index (χ0) is 14.8. The molecule has 0 bridgehead atoms. The van der Waals surface area contributed by atoms with Gasteiger partial charge >= 0.3 is 0 Å². The molecule has 1 rings (SSSR count). The average molecular weight is 406 g/mol. The van der Waals surface area contributed by atoms with Gasteiger partial charge in [0.05, 0.1) is 13.2 Å². The van der Waals surface area contributed by atoms with Crippen LogP contribution >= 0.6 is 24.0 Å². The maximum absolute atomic E-state index is 5.81. The minimum absolute atomic E-state index is 0. The Morgan fingerprint density at radius 3 is 2.67 bits per heavy atom. The predicted octanol–water partition coefficient (Wildman–Crippen LogP) is 1.68. The van der Waals surface area contributed by atoms with Crippen LogP contribution in [-0.4, -0.2) is 50.8 Å². The Bertz CT molecular complexity index is 400. The SMILES string of the molecule is COCC(C)NC(N)=NCCN(C)Cc1ccccc1.I. The van der Waals surface area contributed by atoms with E-state index in [2.05, 4.69) is 46.5 Å². The third-order valence-corrected chi connectivity index (χ3v) is 2.87. The molecule has 5 nitrogen and oxygen atoms in total. The summed E-state index contributed by atoms with van der Waals surface area (Å²) in [6, 6.07) is 10.6. The first-order valence-corrected chi connectivity index (χ1v) is 6.89. The summed E-state index contributed by atoms with van der Waals surface area (Å²) in [6.07, 6.45) is 0. The van der Waals surface area contributed by atoms with Crippen molar-refractivity contribution in [2.24, 2.45) is 10.7 Å². The van der Waals surface area contributed by atoms with Crippen LogP contribution in [0.15, 0.2) is 35.3 Å². The summed E-state index contributed by atoms with van der Waals surface area (Å²) < 4.78 is 5.03. The molecule has 21 heavy (non-hydrogen) atoms. The van der Waals surface area contributed by atoms with E-state index in [1.807, 2.05) is 13.0 Å². The molecule has 0 saturated carbocycles. The second kappa shape index (κ2) is 11.8. The number of ether oxygens (including phenoxy) is 1. The Morgan fingerprint density at radius 2 is 2.05 bits per heavy atom.